The van der Waals surface area contributed by atoms with Crippen molar-refractivity contribution in [2.24, 2.45) is 0 Å². The van der Waals surface area contributed by atoms with E-state index < -0.39 is 0 Å². The van der Waals surface area contributed by atoms with Gasteiger partial charge in [0.1, 0.15) is 6.61 Å². The number of carbonyl (C=O) groups excluding carboxylic acids is 1. The summed E-state index contributed by atoms with van der Waals surface area (Å²) in [7, 11) is 0. The Kier molecular flexibility index (Phi) is 5.86. The topological polar surface area (TPSA) is 38.3 Å². The summed E-state index contributed by atoms with van der Waals surface area (Å²) in [6, 6.07) is 4.31. The lowest BCUT2D eigenvalue weighted by Crippen LogP contribution is -2.37. The van der Waals surface area contributed by atoms with E-state index in [2.05, 4.69) is 16.8 Å². The fraction of sp³-hybridized carbons (Fsp3) is 0.667. The van der Waals surface area contributed by atoms with Gasteiger partial charge in [-0.2, -0.15) is 0 Å². The molecule has 1 aliphatic carbocycles. The van der Waals surface area contributed by atoms with Crippen molar-refractivity contribution in [1.82, 2.24) is 5.32 Å². The first-order valence-electron chi connectivity index (χ1n) is 7.17. The summed E-state index contributed by atoms with van der Waals surface area (Å²) < 4.78 is 5.67. The SMILES string of the molecule is CC(Cc1cccs1)NC(=O)COC1CCCCC1. The van der Waals surface area contributed by atoms with E-state index >= 15 is 0 Å². The van der Waals surface area contributed by atoms with Crippen molar-refractivity contribution in [3.05, 3.63) is 22.4 Å². The minimum absolute atomic E-state index is 0.00892. The molecule has 0 bridgehead atoms. The molecule has 1 saturated carbocycles. The molecule has 1 fully saturated rings. The van der Waals surface area contributed by atoms with Gasteiger partial charge in [0, 0.05) is 17.3 Å². The first-order chi connectivity index (χ1) is 9.24. The second-order valence-electron chi connectivity index (χ2n) is 5.32. The van der Waals surface area contributed by atoms with E-state index in [-0.39, 0.29) is 18.6 Å². The molecule has 19 heavy (non-hydrogen) atoms. The highest BCUT2D eigenvalue weighted by Gasteiger charge is 2.16. The van der Waals surface area contributed by atoms with E-state index in [4.69, 9.17) is 4.74 Å². The van der Waals surface area contributed by atoms with E-state index in [9.17, 15) is 4.79 Å². The molecule has 1 N–H and O–H groups in total. The molecule has 0 radical (unpaired) electrons. The predicted molar refractivity (Wildman–Crippen MR) is 78.5 cm³/mol. The van der Waals surface area contributed by atoms with Crippen molar-refractivity contribution in [3.63, 3.8) is 0 Å². The van der Waals surface area contributed by atoms with Crippen LogP contribution in [0.25, 0.3) is 0 Å². The number of rotatable bonds is 6. The Balaban J connectivity index is 1.63. The van der Waals surface area contributed by atoms with E-state index in [0.29, 0.717) is 6.10 Å². The molecule has 0 aromatic carbocycles. The zero-order valence-electron chi connectivity index (χ0n) is 11.6. The van der Waals surface area contributed by atoms with Gasteiger partial charge in [-0.1, -0.05) is 25.3 Å². The van der Waals surface area contributed by atoms with E-state index in [1.54, 1.807) is 11.3 Å². The normalized spacial score (nSPS) is 18.2. The third-order valence-corrected chi connectivity index (χ3v) is 4.40. The minimum Gasteiger partial charge on any atom is -0.368 e. The van der Waals surface area contributed by atoms with Gasteiger partial charge in [-0.05, 0) is 31.2 Å². The number of ether oxygens (including phenoxy) is 1. The van der Waals surface area contributed by atoms with Crippen LogP contribution in [0.15, 0.2) is 17.5 Å². The summed E-state index contributed by atoms with van der Waals surface area (Å²) in [4.78, 5) is 13.1. The highest BCUT2D eigenvalue weighted by Crippen LogP contribution is 2.20. The smallest absolute Gasteiger partial charge is 0.246 e. The molecule has 0 aliphatic heterocycles. The Morgan fingerprint density at radius 1 is 1.47 bits per heavy atom. The molecular weight excluding hydrogens is 258 g/mol. The van der Waals surface area contributed by atoms with Gasteiger partial charge in [-0.15, -0.1) is 11.3 Å². The number of amides is 1. The molecule has 1 aliphatic rings. The number of carbonyl (C=O) groups is 1. The van der Waals surface area contributed by atoms with Crippen molar-refractivity contribution >= 4 is 17.2 Å². The molecule has 3 nitrogen and oxygen atoms in total. The van der Waals surface area contributed by atoms with E-state index in [0.717, 1.165) is 19.3 Å². The average Bonchev–Trinajstić information content (AvgIpc) is 2.90. The van der Waals surface area contributed by atoms with Gasteiger partial charge in [0.05, 0.1) is 6.10 Å². The molecule has 0 spiro atoms. The molecule has 1 amide bonds. The fourth-order valence-electron chi connectivity index (χ4n) is 2.52. The average molecular weight is 281 g/mol. The Morgan fingerprint density at radius 3 is 2.95 bits per heavy atom. The number of hydrogen-bond acceptors (Lipinski definition) is 3. The van der Waals surface area contributed by atoms with Gasteiger partial charge < -0.3 is 10.1 Å². The first-order valence-corrected chi connectivity index (χ1v) is 8.05. The van der Waals surface area contributed by atoms with Crippen molar-refractivity contribution in [2.75, 3.05) is 6.61 Å². The molecule has 106 valence electrons. The van der Waals surface area contributed by atoms with Gasteiger partial charge in [-0.25, -0.2) is 0 Å². The van der Waals surface area contributed by atoms with Crippen molar-refractivity contribution in [2.45, 2.75) is 57.6 Å². The van der Waals surface area contributed by atoms with E-state index in [1.165, 1.54) is 24.1 Å². The summed E-state index contributed by atoms with van der Waals surface area (Å²) in [6.07, 6.45) is 7.20. The molecule has 0 saturated heterocycles. The van der Waals surface area contributed by atoms with Crippen molar-refractivity contribution < 1.29 is 9.53 Å². The lowest BCUT2D eigenvalue weighted by Gasteiger charge is -2.22. The summed E-state index contributed by atoms with van der Waals surface area (Å²) >= 11 is 1.73. The molecule has 4 heteroatoms. The predicted octanol–water partition coefficient (Wildman–Crippen LogP) is 3.14. The lowest BCUT2D eigenvalue weighted by molar-refractivity contribution is -0.128. The van der Waals surface area contributed by atoms with Crippen molar-refractivity contribution in [1.29, 1.82) is 0 Å². The van der Waals surface area contributed by atoms with Crippen LogP contribution >= 0.6 is 11.3 Å². The Hall–Kier alpha value is -0.870. The monoisotopic (exact) mass is 281 g/mol. The standard InChI is InChI=1S/C15H23NO2S/c1-12(10-14-8-5-9-19-14)16-15(17)11-18-13-6-3-2-4-7-13/h5,8-9,12-13H,2-4,6-7,10-11H2,1H3,(H,16,17). The maximum Gasteiger partial charge on any atom is 0.246 e. The third-order valence-electron chi connectivity index (χ3n) is 3.50. The number of nitrogens with one attached hydrogen (secondary N) is 1. The largest absolute Gasteiger partial charge is 0.368 e. The van der Waals surface area contributed by atoms with Crippen LogP contribution < -0.4 is 5.32 Å². The summed E-state index contributed by atoms with van der Waals surface area (Å²) in [6.45, 7) is 2.25. The highest BCUT2D eigenvalue weighted by atomic mass is 32.1. The van der Waals surface area contributed by atoms with Crippen LogP contribution in [0.4, 0.5) is 0 Å². The molecule has 2 rings (SSSR count). The molecule has 1 heterocycles. The zero-order chi connectivity index (χ0) is 13.5. The molecule has 1 aromatic rings. The van der Waals surface area contributed by atoms with Gasteiger partial charge in [0.2, 0.25) is 5.91 Å². The zero-order valence-corrected chi connectivity index (χ0v) is 12.4. The van der Waals surface area contributed by atoms with Crippen LogP contribution in [-0.2, 0) is 16.0 Å². The Labute approximate surface area is 119 Å². The lowest BCUT2D eigenvalue weighted by atomic mass is 9.98. The summed E-state index contributed by atoms with van der Waals surface area (Å²) in [5, 5.41) is 5.07. The number of hydrogen-bond donors (Lipinski definition) is 1. The Bertz CT molecular complexity index is 372. The molecule has 1 unspecified atom stereocenters. The molecule has 1 aromatic heterocycles. The summed E-state index contributed by atoms with van der Waals surface area (Å²) in [5.74, 6) is 0.00892. The van der Waals surface area contributed by atoms with Crippen LogP contribution in [-0.4, -0.2) is 24.7 Å². The second-order valence-corrected chi connectivity index (χ2v) is 6.36. The van der Waals surface area contributed by atoms with E-state index in [1.807, 2.05) is 13.0 Å². The maximum absolute atomic E-state index is 11.8. The van der Waals surface area contributed by atoms with Crippen LogP contribution in [0, 0.1) is 0 Å². The van der Waals surface area contributed by atoms with Crippen LogP contribution in [0.5, 0.6) is 0 Å². The van der Waals surface area contributed by atoms with Gasteiger partial charge in [0.15, 0.2) is 0 Å². The van der Waals surface area contributed by atoms with Crippen molar-refractivity contribution in [3.8, 4) is 0 Å². The van der Waals surface area contributed by atoms with Gasteiger partial charge in [0.25, 0.3) is 0 Å². The quantitative estimate of drug-likeness (QED) is 0.870. The summed E-state index contributed by atoms with van der Waals surface area (Å²) in [5.41, 5.74) is 0. The maximum atomic E-state index is 11.8. The second kappa shape index (κ2) is 7.65. The van der Waals surface area contributed by atoms with Gasteiger partial charge >= 0.3 is 0 Å². The molecule has 1 atom stereocenters. The fourth-order valence-corrected chi connectivity index (χ4v) is 3.36. The number of thiophene rings is 1. The van der Waals surface area contributed by atoms with Gasteiger partial charge in [-0.3, -0.25) is 4.79 Å². The van der Waals surface area contributed by atoms with Crippen LogP contribution in [0.2, 0.25) is 0 Å². The first kappa shape index (κ1) is 14.5. The highest BCUT2D eigenvalue weighted by molar-refractivity contribution is 7.09. The van der Waals surface area contributed by atoms with Crippen LogP contribution in [0.3, 0.4) is 0 Å². The third kappa shape index (κ3) is 5.33. The van der Waals surface area contributed by atoms with Crippen LogP contribution in [0.1, 0.15) is 43.9 Å². The minimum atomic E-state index is 0.00892. The Morgan fingerprint density at radius 2 is 2.26 bits per heavy atom. The molecular formula is C15H23NO2S.